The molecule has 2 amide bonds. The van der Waals surface area contributed by atoms with E-state index in [0.717, 1.165) is 45.1 Å². The zero-order valence-electron chi connectivity index (χ0n) is 19.9. The maximum Gasteiger partial charge on any atom is 0.323 e. The number of nitrogens with zero attached hydrogens (tertiary/aromatic N) is 5. The van der Waals surface area contributed by atoms with E-state index in [2.05, 4.69) is 26.9 Å². The molecule has 5 aromatic rings. The Labute approximate surface area is 208 Å². The highest BCUT2D eigenvalue weighted by Gasteiger charge is 2.34. The minimum atomic E-state index is -0.308. The summed E-state index contributed by atoms with van der Waals surface area (Å²) in [7, 11) is 0. The summed E-state index contributed by atoms with van der Waals surface area (Å²) < 4.78 is 7.13. The predicted molar refractivity (Wildman–Crippen MR) is 136 cm³/mol. The third kappa shape index (κ3) is 3.82. The van der Waals surface area contributed by atoms with Gasteiger partial charge >= 0.3 is 6.03 Å². The van der Waals surface area contributed by atoms with Gasteiger partial charge in [0, 0.05) is 16.8 Å². The quantitative estimate of drug-likeness (QED) is 0.353. The third-order valence-corrected chi connectivity index (χ3v) is 6.49. The van der Waals surface area contributed by atoms with Gasteiger partial charge in [-0.25, -0.2) is 9.48 Å². The number of carbonyl (C=O) groups is 1. The summed E-state index contributed by atoms with van der Waals surface area (Å²) in [6.45, 7) is 4.14. The monoisotopic (exact) mass is 476 g/mol. The van der Waals surface area contributed by atoms with Crippen LogP contribution in [0, 0.1) is 13.8 Å². The maximum absolute atomic E-state index is 13.4. The van der Waals surface area contributed by atoms with Gasteiger partial charge < -0.3 is 14.7 Å². The topological polar surface area (TPSA) is 89.1 Å². The molecule has 0 saturated heterocycles. The van der Waals surface area contributed by atoms with Crippen molar-refractivity contribution in [1.29, 1.82) is 0 Å². The van der Waals surface area contributed by atoms with Crippen molar-refractivity contribution >= 4 is 11.7 Å². The Morgan fingerprint density at radius 2 is 1.72 bits per heavy atom. The number of nitrogens with one attached hydrogen (secondary N) is 1. The molecule has 8 heteroatoms. The molecule has 1 atom stereocenters. The second-order valence-corrected chi connectivity index (χ2v) is 8.86. The van der Waals surface area contributed by atoms with E-state index in [1.165, 1.54) is 0 Å². The van der Waals surface area contributed by atoms with Crippen LogP contribution in [-0.4, -0.2) is 31.1 Å². The standard InChI is InChI=1S/C28H24N6O2/c1-18-26(19(2)36-31-18)21-13-14-25-24(15-21)27(20-9-5-3-6-10-20)33(28(35)29-25)16-22-17-34(32-30-22)23-11-7-4-8-12-23/h3-15,17,27H,16H2,1-2H3,(H,29,35). The molecule has 0 bridgehead atoms. The van der Waals surface area contributed by atoms with Crippen LogP contribution < -0.4 is 5.32 Å². The van der Waals surface area contributed by atoms with Gasteiger partial charge in [0.05, 0.1) is 30.2 Å². The van der Waals surface area contributed by atoms with E-state index in [0.29, 0.717) is 12.2 Å². The van der Waals surface area contributed by atoms with E-state index in [4.69, 9.17) is 4.52 Å². The minimum absolute atomic E-state index is 0.185. The molecule has 1 aliphatic heterocycles. The van der Waals surface area contributed by atoms with Crippen LogP contribution in [0.15, 0.2) is 89.6 Å². The van der Waals surface area contributed by atoms with Crippen LogP contribution in [0.2, 0.25) is 0 Å². The molecule has 36 heavy (non-hydrogen) atoms. The molecule has 0 aliphatic carbocycles. The Hall–Kier alpha value is -4.72. The lowest BCUT2D eigenvalue weighted by Crippen LogP contribution is -2.42. The van der Waals surface area contributed by atoms with Crippen LogP contribution in [0.1, 0.15) is 34.3 Å². The number of rotatable bonds is 5. The second kappa shape index (κ2) is 8.81. The molecule has 1 N–H and O–H groups in total. The molecule has 1 unspecified atom stereocenters. The van der Waals surface area contributed by atoms with Crippen LogP contribution in [0.3, 0.4) is 0 Å². The lowest BCUT2D eigenvalue weighted by Gasteiger charge is -2.37. The lowest BCUT2D eigenvalue weighted by atomic mass is 9.90. The van der Waals surface area contributed by atoms with Gasteiger partial charge in [-0.1, -0.05) is 65.0 Å². The molecule has 0 spiro atoms. The fourth-order valence-electron chi connectivity index (χ4n) is 4.84. The lowest BCUT2D eigenvalue weighted by molar-refractivity contribution is 0.190. The molecular weight excluding hydrogens is 452 g/mol. The highest BCUT2D eigenvalue weighted by molar-refractivity contribution is 5.94. The first kappa shape index (κ1) is 21.8. The number of amides is 2. The molecule has 0 fully saturated rings. The number of aromatic nitrogens is 4. The van der Waals surface area contributed by atoms with E-state index in [-0.39, 0.29) is 12.1 Å². The first-order valence-electron chi connectivity index (χ1n) is 11.7. The highest BCUT2D eigenvalue weighted by Crippen LogP contribution is 2.41. The molecular formula is C28H24N6O2. The highest BCUT2D eigenvalue weighted by atomic mass is 16.5. The first-order chi connectivity index (χ1) is 17.6. The number of hydrogen-bond acceptors (Lipinski definition) is 5. The summed E-state index contributed by atoms with van der Waals surface area (Å²) in [5.74, 6) is 0.762. The van der Waals surface area contributed by atoms with Crippen molar-refractivity contribution < 1.29 is 9.32 Å². The molecule has 0 radical (unpaired) electrons. The van der Waals surface area contributed by atoms with Gasteiger partial charge in [-0.15, -0.1) is 5.10 Å². The molecule has 8 nitrogen and oxygen atoms in total. The maximum atomic E-state index is 13.4. The van der Waals surface area contributed by atoms with E-state index in [1.807, 2.05) is 92.8 Å². The second-order valence-electron chi connectivity index (χ2n) is 8.86. The van der Waals surface area contributed by atoms with E-state index in [1.54, 1.807) is 9.58 Å². The minimum Gasteiger partial charge on any atom is -0.361 e. The number of urea groups is 1. The zero-order valence-corrected chi connectivity index (χ0v) is 19.9. The van der Waals surface area contributed by atoms with Gasteiger partial charge in [0.25, 0.3) is 0 Å². The number of anilines is 1. The summed E-state index contributed by atoms with van der Waals surface area (Å²) in [6.07, 6.45) is 1.86. The van der Waals surface area contributed by atoms with Crippen LogP contribution in [-0.2, 0) is 6.54 Å². The molecule has 178 valence electrons. The van der Waals surface area contributed by atoms with Gasteiger partial charge in [-0.2, -0.15) is 0 Å². The van der Waals surface area contributed by atoms with E-state index in [9.17, 15) is 4.79 Å². The zero-order chi connectivity index (χ0) is 24.6. The van der Waals surface area contributed by atoms with Crippen molar-refractivity contribution in [2.24, 2.45) is 0 Å². The number of aryl methyl sites for hydroxylation is 2. The first-order valence-corrected chi connectivity index (χ1v) is 11.7. The van der Waals surface area contributed by atoms with Gasteiger partial charge in [-0.05, 0) is 49.2 Å². The largest absolute Gasteiger partial charge is 0.361 e. The number of para-hydroxylation sites is 1. The van der Waals surface area contributed by atoms with Crippen molar-refractivity contribution in [1.82, 2.24) is 25.1 Å². The average molecular weight is 477 g/mol. The number of benzene rings is 3. The van der Waals surface area contributed by atoms with Crippen molar-refractivity contribution in [3.63, 3.8) is 0 Å². The van der Waals surface area contributed by atoms with Gasteiger partial charge in [-0.3, -0.25) is 0 Å². The van der Waals surface area contributed by atoms with Gasteiger partial charge in [0.1, 0.15) is 11.5 Å². The van der Waals surface area contributed by atoms with Crippen molar-refractivity contribution in [3.8, 4) is 16.8 Å². The Balaban J connectivity index is 1.42. The Kier molecular flexibility index (Phi) is 5.33. The summed E-state index contributed by atoms with van der Waals surface area (Å²) in [6, 6.07) is 25.4. The van der Waals surface area contributed by atoms with Crippen molar-refractivity contribution in [2.45, 2.75) is 26.4 Å². The molecule has 3 aromatic carbocycles. The predicted octanol–water partition coefficient (Wildman–Crippen LogP) is 5.68. The Morgan fingerprint density at radius 1 is 0.972 bits per heavy atom. The smallest absolute Gasteiger partial charge is 0.323 e. The van der Waals surface area contributed by atoms with Crippen LogP contribution in [0.4, 0.5) is 10.5 Å². The molecule has 3 heterocycles. The van der Waals surface area contributed by atoms with Crippen LogP contribution in [0.25, 0.3) is 16.8 Å². The molecule has 0 saturated carbocycles. The molecule has 2 aromatic heterocycles. The molecule has 1 aliphatic rings. The van der Waals surface area contributed by atoms with Crippen LogP contribution in [0.5, 0.6) is 0 Å². The number of hydrogen-bond donors (Lipinski definition) is 1. The average Bonchev–Trinajstić information content (AvgIpc) is 3.51. The number of fused-ring (bicyclic) bond motifs is 1. The number of carbonyl (C=O) groups excluding carboxylic acids is 1. The van der Waals surface area contributed by atoms with Crippen molar-refractivity contribution in [2.75, 3.05) is 5.32 Å². The van der Waals surface area contributed by atoms with E-state index >= 15 is 0 Å². The normalized spacial score (nSPS) is 15.0. The van der Waals surface area contributed by atoms with E-state index < -0.39 is 0 Å². The summed E-state index contributed by atoms with van der Waals surface area (Å²) in [5, 5.41) is 15.8. The fraction of sp³-hybridized carbons (Fsp3) is 0.143. The third-order valence-electron chi connectivity index (χ3n) is 6.49. The van der Waals surface area contributed by atoms with Crippen LogP contribution >= 0.6 is 0 Å². The summed E-state index contributed by atoms with van der Waals surface area (Å²) in [4.78, 5) is 15.2. The van der Waals surface area contributed by atoms with Gasteiger partial charge in [0.2, 0.25) is 0 Å². The summed E-state index contributed by atoms with van der Waals surface area (Å²) in [5.41, 5.74) is 7.20. The SMILES string of the molecule is Cc1noc(C)c1-c1ccc2c(c1)C(c1ccccc1)N(Cc1cn(-c3ccccc3)nn1)C(=O)N2. The molecule has 6 rings (SSSR count). The fourth-order valence-corrected chi connectivity index (χ4v) is 4.84. The Morgan fingerprint density at radius 3 is 2.44 bits per heavy atom. The van der Waals surface area contributed by atoms with Crippen molar-refractivity contribution in [3.05, 3.63) is 113 Å². The Bertz CT molecular complexity index is 1520. The summed E-state index contributed by atoms with van der Waals surface area (Å²) >= 11 is 0. The van der Waals surface area contributed by atoms with Gasteiger partial charge in [0.15, 0.2) is 0 Å².